The van der Waals surface area contributed by atoms with Crippen LogP contribution in [0.5, 0.6) is 0 Å². The molecule has 2 rings (SSSR count). The molecule has 7 heteroatoms. The predicted octanol–water partition coefficient (Wildman–Crippen LogP) is -0.630. The van der Waals surface area contributed by atoms with Crippen molar-refractivity contribution in [1.82, 2.24) is 14.4 Å². The molecule has 15 heavy (non-hydrogen) atoms. The molecule has 3 N–H and O–H groups in total. The third-order valence-electron chi connectivity index (χ3n) is 1.83. The molecule has 0 aliphatic heterocycles. The van der Waals surface area contributed by atoms with Crippen molar-refractivity contribution in [2.24, 2.45) is 0 Å². The molecule has 0 amide bonds. The highest BCUT2D eigenvalue weighted by molar-refractivity contribution is 5.86. The molecular formula is C8H6N4O3. The number of anilines is 1. The number of carboxylic acids is 1. The predicted molar refractivity (Wildman–Crippen MR) is 50.6 cm³/mol. The van der Waals surface area contributed by atoms with Gasteiger partial charge in [0.05, 0.1) is 11.8 Å². The van der Waals surface area contributed by atoms with Crippen molar-refractivity contribution in [1.29, 1.82) is 0 Å². The SMILES string of the molecule is Nc1cnc2ncc(C(=O)O)cn2c1=O. The lowest BCUT2D eigenvalue weighted by Gasteiger charge is -2.00. The van der Waals surface area contributed by atoms with Crippen LogP contribution in [0, 0.1) is 0 Å². The maximum Gasteiger partial charge on any atom is 0.338 e. The van der Waals surface area contributed by atoms with Crippen LogP contribution in [0.1, 0.15) is 10.4 Å². The van der Waals surface area contributed by atoms with Crippen molar-refractivity contribution in [2.45, 2.75) is 0 Å². The molecule has 0 bridgehead atoms. The number of hydrogen-bond acceptors (Lipinski definition) is 5. The molecule has 7 nitrogen and oxygen atoms in total. The smallest absolute Gasteiger partial charge is 0.338 e. The molecule has 2 aromatic rings. The zero-order chi connectivity index (χ0) is 11.0. The number of carboxylic acid groups (broad SMARTS) is 1. The molecular weight excluding hydrogens is 200 g/mol. The van der Waals surface area contributed by atoms with Crippen LogP contribution in [0.4, 0.5) is 5.69 Å². The van der Waals surface area contributed by atoms with Gasteiger partial charge in [-0.2, -0.15) is 0 Å². The van der Waals surface area contributed by atoms with Crippen molar-refractivity contribution in [3.63, 3.8) is 0 Å². The molecule has 0 fully saturated rings. The van der Waals surface area contributed by atoms with Gasteiger partial charge in [0.1, 0.15) is 5.69 Å². The second kappa shape index (κ2) is 3.05. The molecule has 76 valence electrons. The van der Waals surface area contributed by atoms with Crippen LogP contribution < -0.4 is 11.3 Å². The van der Waals surface area contributed by atoms with Crippen molar-refractivity contribution in [2.75, 3.05) is 5.73 Å². The first-order valence-electron chi connectivity index (χ1n) is 3.96. The largest absolute Gasteiger partial charge is 0.478 e. The second-order valence-corrected chi connectivity index (χ2v) is 2.84. The van der Waals surface area contributed by atoms with Gasteiger partial charge in [-0.05, 0) is 0 Å². The van der Waals surface area contributed by atoms with Gasteiger partial charge in [0.25, 0.3) is 5.56 Å². The lowest BCUT2D eigenvalue weighted by molar-refractivity contribution is 0.0696. The Kier molecular flexibility index (Phi) is 1.86. The fourth-order valence-corrected chi connectivity index (χ4v) is 1.10. The maximum atomic E-state index is 11.5. The number of fused-ring (bicyclic) bond motifs is 1. The van der Waals surface area contributed by atoms with E-state index in [0.29, 0.717) is 0 Å². The van der Waals surface area contributed by atoms with E-state index in [1.807, 2.05) is 0 Å². The second-order valence-electron chi connectivity index (χ2n) is 2.84. The van der Waals surface area contributed by atoms with Gasteiger partial charge in [-0.25, -0.2) is 19.2 Å². The first kappa shape index (κ1) is 9.13. The molecule has 2 aromatic heterocycles. The highest BCUT2D eigenvalue weighted by atomic mass is 16.4. The molecule has 0 aliphatic carbocycles. The van der Waals surface area contributed by atoms with Crippen LogP contribution >= 0.6 is 0 Å². The average Bonchev–Trinajstić information content (AvgIpc) is 2.23. The molecule has 0 atom stereocenters. The zero-order valence-electron chi connectivity index (χ0n) is 7.41. The van der Waals surface area contributed by atoms with Crippen LogP contribution in [0.3, 0.4) is 0 Å². The summed E-state index contributed by atoms with van der Waals surface area (Å²) in [5.41, 5.74) is 4.65. The van der Waals surface area contributed by atoms with Crippen LogP contribution in [-0.4, -0.2) is 25.4 Å². The Hall–Kier alpha value is -2.44. The van der Waals surface area contributed by atoms with E-state index in [9.17, 15) is 9.59 Å². The van der Waals surface area contributed by atoms with E-state index in [0.717, 1.165) is 16.8 Å². The van der Waals surface area contributed by atoms with Crippen LogP contribution in [0.15, 0.2) is 23.4 Å². The lowest BCUT2D eigenvalue weighted by atomic mass is 10.3. The van der Waals surface area contributed by atoms with Crippen molar-refractivity contribution >= 4 is 17.4 Å². The van der Waals surface area contributed by atoms with Crippen molar-refractivity contribution in [3.8, 4) is 0 Å². The van der Waals surface area contributed by atoms with Crippen molar-refractivity contribution < 1.29 is 9.90 Å². The van der Waals surface area contributed by atoms with E-state index in [1.165, 1.54) is 6.20 Å². The molecule has 2 heterocycles. The molecule has 0 spiro atoms. The summed E-state index contributed by atoms with van der Waals surface area (Å²) in [6, 6.07) is 0. The van der Waals surface area contributed by atoms with E-state index in [-0.39, 0.29) is 17.0 Å². The van der Waals surface area contributed by atoms with E-state index < -0.39 is 11.5 Å². The third kappa shape index (κ3) is 1.39. The number of nitrogens with zero attached hydrogens (tertiary/aromatic N) is 3. The van der Waals surface area contributed by atoms with Gasteiger partial charge in [0.2, 0.25) is 5.78 Å². The molecule has 0 aromatic carbocycles. The normalized spacial score (nSPS) is 10.4. The summed E-state index contributed by atoms with van der Waals surface area (Å²) in [6.45, 7) is 0. The molecule has 0 saturated heterocycles. The van der Waals surface area contributed by atoms with Crippen LogP contribution in [0.2, 0.25) is 0 Å². The van der Waals surface area contributed by atoms with Gasteiger partial charge < -0.3 is 10.8 Å². The lowest BCUT2D eigenvalue weighted by Crippen LogP contribution is -2.20. The number of nitrogens with two attached hydrogens (primary N) is 1. The Morgan fingerprint density at radius 3 is 2.73 bits per heavy atom. The topological polar surface area (TPSA) is 111 Å². The molecule has 0 radical (unpaired) electrons. The Morgan fingerprint density at radius 2 is 2.07 bits per heavy atom. The van der Waals surface area contributed by atoms with Crippen LogP contribution in [0.25, 0.3) is 5.78 Å². The summed E-state index contributed by atoms with van der Waals surface area (Å²) in [4.78, 5) is 29.6. The highest BCUT2D eigenvalue weighted by Gasteiger charge is 2.07. The van der Waals surface area contributed by atoms with Gasteiger partial charge in [-0.3, -0.25) is 4.79 Å². The zero-order valence-corrected chi connectivity index (χ0v) is 7.41. The molecule has 0 unspecified atom stereocenters. The van der Waals surface area contributed by atoms with E-state index in [1.54, 1.807) is 0 Å². The average molecular weight is 206 g/mol. The fourth-order valence-electron chi connectivity index (χ4n) is 1.10. The van der Waals surface area contributed by atoms with Crippen LogP contribution in [-0.2, 0) is 0 Å². The molecule has 0 aliphatic rings. The monoisotopic (exact) mass is 206 g/mol. The van der Waals surface area contributed by atoms with Gasteiger partial charge in [-0.15, -0.1) is 0 Å². The van der Waals surface area contributed by atoms with E-state index in [2.05, 4.69) is 9.97 Å². The van der Waals surface area contributed by atoms with Gasteiger partial charge >= 0.3 is 5.97 Å². The number of nitrogen functional groups attached to an aromatic ring is 1. The number of aromatic carboxylic acids is 1. The summed E-state index contributed by atoms with van der Waals surface area (Å²) >= 11 is 0. The van der Waals surface area contributed by atoms with Gasteiger partial charge in [-0.1, -0.05) is 0 Å². The standard InChI is InChI=1S/C8H6N4O3/c9-5-2-11-8-10-1-4(7(14)15)3-12(8)6(5)13/h1-3H,9H2,(H,14,15). The summed E-state index contributed by atoms with van der Waals surface area (Å²) < 4.78 is 0.999. The van der Waals surface area contributed by atoms with E-state index in [4.69, 9.17) is 10.8 Å². The molecule has 0 saturated carbocycles. The Bertz CT molecular complexity index is 604. The summed E-state index contributed by atoms with van der Waals surface area (Å²) in [5, 5.41) is 8.70. The summed E-state index contributed by atoms with van der Waals surface area (Å²) in [7, 11) is 0. The number of rotatable bonds is 1. The summed E-state index contributed by atoms with van der Waals surface area (Å²) in [6.07, 6.45) is 3.45. The fraction of sp³-hybridized carbons (Fsp3) is 0. The first-order valence-corrected chi connectivity index (χ1v) is 3.96. The number of aromatic nitrogens is 3. The van der Waals surface area contributed by atoms with Gasteiger partial charge in [0, 0.05) is 12.4 Å². The Balaban J connectivity index is 2.85. The minimum absolute atomic E-state index is 0.0585. The minimum Gasteiger partial charge on any atom is -0.478 e. The van der Waals surface area contributed by atoms with Crippen molar-refractivity contribution in [3.05, 3.63) is 34.5 Å². The number of carbonyl (C=O) groups is 1. The highest BCUT2D eigenvalue weighted by Crippen LogP contribution is 1.99. The number of hydrogen-bond donors (Lipinski definition) is 2. The maximum absolute atomic E-state index is 11.5. The van der Waals surface area contributed by atoms with E-state index >= 15 is 0 Å². The third-order valence-corrected chi connectivity index (χ3v) is 1.83. The quantitative estimate of drug-likeness (QED) is 0.642. The summed E-state index contributed by atoms with van der Waals surface area (Å²) in [5.74, 6) is -1.06. The van der Waals surface area contributed by atoms with Gasteiger partial charge in [0.15, 0.2) is 0 Å². The Labute approximate surface area is 82.8 Å². The Morgan fingerprint density at radius 1 is 1.40 bits per heavy atom. The minimum atomic E-state index is -1.17. The first-order chi connectivity index (χ1) is 7.09.